The molecule has 2 N–H and O–H groups in total. The fourth-order valence-corrected chi connectivity index (χ4v) is 2.87. The maximum atomic E-state index is 4.61. The molecule has 25 heavy (non-hydrogen) atoms. The van der Waals surface area contributed by atoms with E-state index in [1.54, 1.807) is 0 Å². The van der Waals surface area contributed by atoms with Crippen LogP contribution in [0.5, 0.6) is 0 Å². The van der Waals surface area contributed by atoms with E-state index in [1.807, 2.05) is 66.8 Å². The van der Waals surface area contributed by atoms with Crippen molar-refractivity contribution in [3.05, 3.63) is 71.3 Å². The van der Waals surface area contributed by atoms with E-state index in [0.29, 0.717) is 0 Å². The molecule has 3 aromatic heterocycles. The Hall–Kier alpha value is -2.88. The van der Waals surface area contributed by atoms with Crippen LogP contribution in [0.3, 0.4) is 0 Å². The number of H-pyrrole nitrogens is 2. The van der Waals surface area contributed by atoms with E-state index in [4.69, 9.17) is 0 Å². The van der Waals surface area contributed by atoms with Gasteiger partial charge in [0.25, 0.3) is 0 Å². The second-order valence-electron chi connectivity index (χ2n) is 5.82. The number of fused-ring (bicyclic) bond motifs is 8. The summed E-state index contributed by atoms with van der Waals surface area (Å²) in [7, 11) is 0. The van der Waals surface area contributed by atoms with Gasteiger partial charge in [-0.15, -0.1) is 6.07 Å². The minimum Gasteiger partial charge on any atom is -0.428 e. The van der Waals surface area contributed by atoms with Crippen molar-refractivity contribution >= 4 is 46.4 Å². The summed E-state index contributed by atoms with van der Waals surface area (Å²) >= 11 is 0. The minimum atomic E-state index is 0. The molecule has 2 aliphatic heterocycles. The van der Waals surface area contributed by atoms with E-state index in [-0.39, 0.29) is 17.1 Å². The van der Waals surface area contributed by atoms with Crippen LogP contribution in [0.25, 0.3) is 46.4 Å². The Morgan fingerprint density at radius 2 is 1.20 bits per heavy atom. The van der Waals surface area contributed by atoms with Gasteiger partial charge in [-0.1, -0.05) is 17.1 Å². The molecule has 0 amide bonds. The van der Waals surface area contributed by atoms with Crippen LogP contribution in [0.15, 0.2) is 42.5 Å². The molecule has 8 bridgehead atoms. The van der Waals surface area contributed by atoms with Crippen molar-refractivity contribution in [2.75, 3.05) is 0 Å². The topological polar surface area (TPSA) is 57.4 Å². The summed E-state index contributed by atoms with van der Waals surface area (Å²) in [5, 5.41) is 0. The Kier molecular flexibility index (Phi) is 3.88. The van der Waals surface area contributed by atoms with Gasteiger partial charge in [-0.3, -0.25) is 4.98 Å². The van der Waals surface area contributed by atoms with Crippen LogP contribution in [0.2, 0.25) is 0 Å². The average molecular weight is 364 g/mol. The number of hydrogen-bond acceptors (Lipinski definition) is 2. The van der Waals surface area contributed by atoms with Gasteiger partial charge in [0.15, 0.2) is 0 Å². The first-order valence-electron chi connectivity index (χ1n) is 7.76. The van der Waals surface area contributed by atoms with Gasteiger partial charge in [-0.25, -0.2) is 4.98 Å². The molecule has 5 heterocycles. The van der Waals surface area contributed by atoms with Crippen molar-refractivity contribution in [1.29, 1.82) is 0 Å². The van der Waals surface area contributed by atoms with Crippen LogP contribution in [-0.4, -0.2) is 19.9 Å². The third-order valence-electron chi connectivity index (χ3n) is 3.96. The van der Waals surface area contributed by atoms with Gasteiger partial charge in [0, 0.05) is 22.6 Å². The fraction of sp³-hybridized carbons (Fsp3) is 0. The number of nitrogens with zero attached hydrogens (tertiary/aromatic N) is 2. The monoisotopic (exact) mass is 364 g/mol. The molecular formula is C20H13MnN4-. The molecule has 0 fully saturated rings. The molecule has 0 atom stereocenters. The van der Waals surface area contributed by atoms with Crippen molar-refractivity contribution in [2.45, 2.75) is 0 Å². The first-order valence-corrected chi connectivity index (χ1v) is 7.76. The standard InChI is InChI=1S/C20H13N4.Mn/c1-2-14-10-16-5-6-18(23-16)12-20-8-7-19(24-20)11-17-4-3-15(22-17)9-13(1)21-14;/h1-7,9-12,23-24H;/q-1;. The second-order valence-corrected chi connectivity index (χ2v) is 5.82. The minimum absolute atomic E-state index is 0. The van der Waals surface area contributed by atoms with Crippen LogP contribution in [-0.2, 0) is 17.1 Å². The SMILES string of the molecule is [Mn].[c-]1cc2cc3nc(cc4nc(cc5ccc(cc1[nH]2)[nH]5)C=C4)C=C3. The molecule has 0 spiro atoms. The van der Waals surface area contributed by atoms with Gasteiger partial charge in [0.1, 0.15) is 0 Å². The van der Waals surface area contributed by atoms with Gasteiger partial charge < -0.3 is 9.97 Å². The molecule has 5 heteroatoms. The summed E-state index contributed by atoms with van der Waals surface area (Å²) in [5.41, 5.74) is 7.59. The Morgan fingerprint density at radius 1 is 0.640 bits per heavy atom. The molecule has 5 rings (SSSR count). The van der Waals surface area contributed by atoms with E-state index in [0.717, 1.165) is 44.8 Å². The van der Waals surface area contributed by atoms with Crippen LogP contribution in [0, 0.1) is 6.07 Å². The van der Waals surface area contributed by atoms with Crippen LogP contribution in [0.1, 0.15) is 22.8 Å². The smallest absolute Gasteiger partial charge is 0.0659 e. The summed E-state index contributed by atoms with van der Waals surface area (Å²) in [6.07, 6.45) is 8.01. The molecule has 0 aromatic carbocycles. The number of nitrogens with one attached hydrogen (secondary N) is 2. The van der Waals surface area contributed by atoms with E-state index in [1.165, 1.54) is 0 Å². The molecule has 0 aliphatic carbocycles. The Morgan fingerprint density at radius 3 is 1.88 bits per heavy atom. The van der Waals surface area contributed by atoms with Crippen molar-refractivity contribution in [3.63, 3.8) is 0 Å². The number of rotatable bonds is 0. The second kappa shape index (κ2) is 6.20. The van der Waals surface area contributed by atoms with Crippen LogP contribution >= 0.6 is 0 Å². The van der Waals surface area contributed by atoms with E-state index < -0.39 is 0 Å². The van der Waals surface area contributed by atoms with Crippen molar-refractivity contribution < 1.29 is 17.1 Å². The fourth-order valence-electron chi connectivity index (χ4n) is 2.87. The third-order valence-corrected chi connectivity index (χ3v) is 3.96. The maximum absolute atomic E-state index is 4.61. The zero-order valence-corrected chi connectivity index (χ0v) is 14.3. The van der Waals surface area contributed by atoms with Crippen LogP contribution in [0.4, 0.5) is 0 Å². The quantitative estimate of drug-likeness (QED) is 0.315. The van der Waals surface area contributed by atoms with E-state index in [2.05, 4.69) is 26.0 Å². The Balaban J connectivity index is 0.00000157. The number of aromatic amines is 2. The molecule has 2 aliphatic rings. The van der Waals surface area contributed by atoms with Gasteiger partial charge in [-0.2, -0.15) is 12.1 Å². The molecule has 0 saturated heterocycles. The molecule has 0 unspecified atom stereocenters. The number of hydrogen-bond donors (Lipinski definition) is 2. The predicted octanol–water partition coefficient (Wildman–Crippen LogP) is 4.45. The van der Waals surface area contributed by atoms with Gasteiger partial charge in [-0.05, 0) is 54.1 Å². The van der Waals surface area contributed by atoms with Crippen LogP contribution < -0.4 is 0 Å². The first kappa shape index (κ1) is 15.6. The molecule has 1 radical (unpaired) electrons. The molecular weight excluding hydrogens is 351 g/mol. The van der Waals surface area contributed by atoms with Crippen molar-refractivity contribution in [3.8, 4) is 0 Å². The molecule has 0 saturated carbocycles. The van der Waals surface area contributed by atoms with Gasteiger partial charge >= 0.3 is 0 Å². The summed E-state index contributed by atoms with van der Waals surface area (Å²) in [4.78, 5) is 15.9. The van der Waals surface area contributed by atoms with Crippen molar-refractivity contribution in [2.24, 2.45) is 0 Å². The third kappa shape index (κ3) is 3.20. The number of aromatic nitrogens is 4. The Labute approximate surface area is 154 Å². The zero-order valence-electron chi connectivity index (χ0n) is 13.1. The Bertz CT molecular complexity index is 1080. The molecule has 4 nitrogen and oxygen atoms in total. The summed E-state index contributed by atoms with van der Waals surface area (Å²) in [5.74, 6) is 0. The summed E-state index contributed by atoms with van der Waals surface area (Å²) < 4.78 is 0. The summed E-state index contributed by atoms with van der Waals surface area (Å²) in [6, 6.07) is 17.3. The first-order chi connectivity index (χ1) is 11.8. The van der Waals surface area contributed by atoms with Gasteiger partial charge in [0.05, 0.1) is 22.8 Å². The summed E-state index contributed by atoms with van der Waals surface area (Å²) in [6.45, 7) is 0. The maximum Gasteiger partial charge on any atom is 0.0659 e. The molecule has 3 aromatic rings. The normalized spacial score (nSPS) is 12.2. The van der Waals surface area contributed by atoms with E-state index in [9.17, 15) is 0 Å². The van der Waals surface area contributed by atoms with Crippen molar-refractivity contribution in [1.82, 2.24) is 19.9 Å². The van der Waals surface area contributed by atoms with E-state index >= 15 is 0 Å². The van der Waals surface area contributed by atoms with Gasteiger partial charge in [0.2, 0.25) is 0 Å². The average Bonchev–Trinajstić information content (AvgIpc) is 3.32. The molecule has 121 valence electrons. The largest absolute Gasteiger partial charge is 0.428 e. The predicted molar refractivity (Wildman–Crippen MR) is 97.7 cm³/mol. The zero-order chi connectivity index (χ0) is 15.9.